The second-order valence-electron chi connectivity index (χ2n) is 6.44. The van der Waals surface area contributed by atoms with Gasteiger partial charge in [0.2, 0.25) is 0 Å². The molecule has 0 heterocycles. The maximum absolute atomic E-state index is 10.8. The fourth-order valence-corrected chi connectivity index (χ4v) is 3.60. The molecule has 0 radical (unpaired) electrons. The Kier molecular flexibility index (Phi) is 5.04. The smallest absolute Gasteiger partial charge is 0.0636 e. The van der Waals surface area contributed by atoms with E-state index >= 15 is 0 Å². The van der Waals surface area contributed by atoms with Crippen LogP contribution in [0.25, 0.3) is 0 Å². The lowest BCUT2D eigenvalue weighted by molar-refractivity contribution is 0.0358. The SMILES string of the molecule is CCC(c1ccccc1)C(O)C1CCC(C)C(C)C1. The predicted molar refractivity (Wildman–Crippen MR) is 81.1 cm³/mol. The van der Waals surface area contributed by atoms with Crippen molar-refractivity contribution in [3.63, 3.8) is 0 Å². The van der Waals surface area contributed by atoms with Crippen LogP contribution >= 0.6 is 0 Å². The van der Waals surface area contributed by atoms with Crippen molar-refractivity contribution in [1.29, 1.82) is 0 Å². The van der Waals surface area contributed by atoms with E-state index in [0.29, 0.717) is 11.8 Å². The van der Waals surface area contributed by atoms with E-state index in [4.69, 9.17) is 0 Å². The van der Waals surface area contributed by atoms with Crippen LogP contribution in [0.1, 0.15) is 57.9 Å². The molecule has 1 saturated carbocycles. The Labute approximate surface area is 118 Å². The van der Waals surface area contributed by atoms with E-state index in [0.717, 1.165) is 18.3 Å². The van der Waals surface area contributed by atoms with Crippen LogP contribution in [-0.4, -0.2) is 11.2 Å². The summed E-state index contributed by atoms with van der Waals surface area (Å²) in [4.78, 5) is 0. The van der Waals surface area contributed by atoms with E-state index in [9.17, 15) is 5.11 Å². The van der Waals surface area contributed by atoms with Gasteiger partial charge in [-0.3, -0.25) is 0 Å². The third-order valence-corrected chi connectivity index (χ3v) is 5.20. The standard InChI is InChI=1S/C18H28O/c1-4-17(15-8-6-5-7-9-15)18(19)16-11-10-13(2)14(3)12-16/h5-9,13-14,16-19H,4,10-12H2,1-3H3. The van der Waals surface area contributed by atoms with E-state index in [1.54, 1.807) is 0 Å². The number of aliphatic hydroxyl groups is 1. The maximum atomic E-state index is 10.8. The Hall–Kier alpha value is -0.820. The summed E-state index contributed by atoms with van der Waals surface area (Å²) in [7, 11) is 0. The van der Waals surface area contributed by atoms with Crippen molar-refractivity contribution in [2.75, 3.05) is 0 Å². The van der Waals surface area contributed by atoms with Crippen LogP contribution in [0.3, 0.4) is 0 Å². The molecule has 2 rings (SSSR count). The summed E-state index contributed by atoms with van der Waals surface area (Å²) in [6.45, 7) is 6.88. The Bertz CT molecular complexity index is 373. The molecular weight excluding hydrogens is 232 g/mol. The highest BCUT2D eigenvalue weighted by molar-refractivity contribution is 5.21. The first-order valence-corrected chi connectivity index (χ1v) is 7.86. The van der Waals surface area contributed by atoms with Crippen molar-refractivity contribution in [2.24, 2.45) is 17.8 Å². The van der Waals surface area contributed by atoms with Gasteiger partial charge in [0.15, 0.2) is 0 Å². The first-order valence-electron chi connectivity index (χ1n) is 7.86. The second kappa shape index (κ2) is 6.56. The van der Waals surface area contributed by atoms with Gasteiger partial charge in [0.1, 0.15) is 0 Å². The number of hydrogen-bond acceptors (Lipinski definition) is 1. The molecule has 1 aromatic rings. The average molecular weight is 260 g/mol. The van der Waals surface area contributed by atoms with Crippen LogP contribution in [0.2, 0.25) is 0 Å². The van der Waals surface area contributed by atoms with Gasteiger partial charge in [-0.25, -0.2) is 0 Å². The van der Waals surface area contributed by atoms with E-state index in [1.807, 2.05) is 6.07 Å². The summed E-state index contributed by atoms with van der Waals surface area (Å²) in [5.41, 5.74) is 1.30. The molecule has 1 fully saturated rings. The molecule has 0 amide bonds. The van der Waals surface area contributed by atoms with Crippen molar-refractivity contribution in [1.82, 2.24) is 0 Å². The lowest BCUT2D eigenvalue weighted by atomic mass is 9.70. The van der Waals surface area contributed by atoms with Crippen LogP contribution < -0.4 is 0 Å². The van der Waals surface area contributed by atoms with E-state index in [1.165, 1.54) is 24.8 Å². The van der Waals surface area contributed by atoms with Crippen LogP contribution in [0.4, 0.5) is 0 Å². The summed E-state index contributed by atoms with van der Waals surface area (Å²) < 4.78 is 0. The van der Waals surface area contributed by atoms with Crippen molar-refractivity contribution >= 4 is 0 Å². The van der Waals surface area contributed by atoms with Gasteiger partial charge in [-0.2, -0.15) is 0 Å². The third-order valence-electron chi connectivity index (χ3n) is 5.20. The molecular formula is C18H28O. The summed E-state index contributed by atoms with van der Waals surface area (Å²) in [6.07, 6.45) is 4.49. The molecule has 0 spiro atoms. The first kappa shape index (κ1) is 14.6. The molecule has 1 aliphatic carbocycles. The molecule has 19 heavy (non-hydrogen) atoms. The van der Waals surface area contributed by atoms with Crippen molar-refractivity contribution in [3.8, 4) is 0 Å². The fourth-order valence-electron chi connectivity index (χ4n) is 3.60. The van der Waals surface area contributed by atoms with Crippen molar-refractivity contribution in [3.05, 3.63) is 35.9 Å². The summed E-state index contributed by atoms with van der Waals surface area (Å²) in [5, 5.41) is 10.8. The number of aliphatic hydroxyl groups excluding tert-OH is 1. The zero-order valence-corrected chi connectivity index (χ0v) is 12.5. The Morgan fingerprint density at radius 3 is 2.37 bits per heavy atom. The molecule has 1 aliphatic rings. The van der Waals surface area contributed by atoms with E-state index in [-0.39, 0.29) is 6.10 Å². The number of benzene rings is 1. The molecule has 0 aromatic heterocycles. The lowest BCUT2D eigenvalue weighted by Gasteiger charge is -2.37. The van der Waals surface area contributed by atoms with Gasteiger partial charge in [0.05, 0.1) is 6.10 Å². The molecule has 5 atom stereocenters. The summed E-state index contributed by atoms with van der Waals surface area (Å²) in [6, 6.07) is 10.5. The normalized spacial score (nSPS) is 30.8. The summed E-state index contributed by atoms with van der Waals surface area (Å²) >= 11 is 0. The van der Waals surface area contributed by atoms with E-state index < -0.39 is 0 Å². The highest BCUT2D eigenvalue weighted by Crippen LogP contribution is 2.39. The molecule has 5 unspecified atom stereocenters. The highest BCUT2D eigenvalue weighted by Gasteiger charge is 2.33. The minimum absolute atomic E-state index is 0.178. The van der Waals surface area contributed by atoms with Gasteiger partial charge < -0.3 is 5.11 Å². The van der Waals surface area contributed by atoms with Gasteiger partial charge in [0.25, 0.3) is 0 Å². The molecule has 0 aliphatic heterocycles. The molecule has 1 aromatic carbocycles. The lowest BCUT2D eigenvalue weighted by Crippen LogP contribution is -2.33. The third kappa shape index (κ3) is 3.39. The Morgan fingerprint density at radius 2 is 1.79 bits per heavy atom. The van der Waals surface area contributed by atoms with Gasteiger partial charge in [-0.15, -0.1) is 0 Å². The Morgan fingerprint density at radius 1 is 1.11 bits per heavy atom. The molecule has 1 heteroatoms. The van der Waals surface area contributed by atoms with Gasteiger partial charge in [0, 0.05) is 5.92 Å². The largest absolute Gasteiger partial charge is 0.392 e. The minimum Gasteiger partial charge on any atom is -0.392 e. The van der Waals surface area contributed by atoms with Crippen LogP contribution in [0.5, 0.6) is 0 Å². The quantitative estimate of drug-likeness (QED) is 0.838. The molecule has 0 saturated heterocycles. The monoisotopic (exact) mass is 260 g/mol. The van der Waals surface area contributed by atoms with Crippen molar-refractivity contribution in [2.45, 2.75) is 58.5 Å². The van der Waals surface area contributed by atoms with Gasteiger partial charge in [-0.1, -0.05) is 57.5 Å². The molecule has 1 N–H and O–H groups in total. The number of hydrogen-bond donors (Lipinski definition) is 1. The predicted octanol–water partition coefficient (Wildman–Crippen LogP) is 4.61. The van der Waals surface area contributed by atoms with Crippen LogP contribution in [0.15, 0.2) is 30.3 Å². The average Bonchev–Trinajstić information content (AvgIpc) is 2.44. The van der Waals surface area contributed by atoms with Crippen LogP contribution in [-0.2, 0) is 0 Å². The van der Waals surface area contributed by atoms with Gasteiger partial charge >= 0.3 is 0 Å². The van der Waals surface area contributed by atoms with Gasteiger partial charge in [-0.05, 0) is 42.6 Å². The fraction of sp³-hybridized carbons (Fsp3) is 0.667. The molecule has 1 nitrogen and oxygen atoms in total. The highest BCUT2D eigenvalue weighted by atomic mass is 16.3. The second-order valence-corrected chi connectivity index (χ2v) is 6.44. The topological polar surface area (TPSA) is 20.2 Å². The maximum Gasteiger partial charge on any atom is 0.0636 e. The van der Waals surface area contributed by atoms with E-state index in [2.05, 4.69) is 45.0 Å². The Balaban J connectivity index is 2.07. The zero-order chi connectivity index (χ0) is 13.8. The minimum atomic E-state index is -0.178. The zero-order valence-electron chi connectivity index (χ0n) is 12.5. The van der Waals surface area contributed by atoms with Crippen LogP contribution in [0, 0.1) is 17.8 Å². The number of rotatable bonds is 4. The molecule has 106 valence electrons. The first-order chi connectivity index (χ1) is 9.13. The van der Waals surface area contributed by atoms with Crippen molar-refractivity contribution < 1.29 is 5.11 Å². The summed E-state index contributed by atoms with van der Waals surface area (Å²) in [5.74, 6) is 2.35. The molecule has 0 bridgehead atoms.